The number of H-pyrrole nitrogens is 1. The fourth-order valence-electron chi connectivity index (χ4n) is 2.55. The molecule has 0 atom stereocenters. The summed E-state index contributed by atoms with van der Waals surface area (Å²) in [4.78, 5) is 13.0. The average molecular weight is 311 g/mol. The van der Waals surface area contributed by atoms with Crippen LogP contribution in [-0.4, -0.2) is 26.2 Å². The lowest BCUT2D eigenvalue weighted by atomic mass is 10.1. The molecule has 0 aliphatic carbocycles. The maximum absolute atomic E-state index is 12.5. The second-order valence-corrected chi connectivity index (χ2v) is 5.17. The number of aromatic nitrogens is 2. The van der Waals surface area contributed by atoms with Crippen molar-refractivity contribution in [2.24, 2.45) is 0 Å². The fraction of sp³-hybridized carbons (Fsp3) is 0.286. The van der Waals surface area contributed by atoms with E-state index in [1.165, 1.54) is 12.1 Å². The number of carboxylic acids is 1. The summed E-state index contributed by atoms with van der Waals surface area (Å²) < 4.78 is 37.5. The Morgan fingerprint density at radius 1 is 1.27 bits per heavy atom. The maximum Gasteiger partial charge on any atom is 0.416 e. The Balaban J connectivity index is 1.70. The van der Waals surface area contributed by atoms with Crippen molar-refractivity contribution in [3.8, 4) is 0 Å². The molecule has 0 radical (unpaired) electrons. The van der Waals surface area contributed by atoms with Crippen molar-refractivity contribution in [2.45, 2.75) is 25.8 Å². The minimum atomic E-state index is -4.34. The molecule has 1 aliphatic heterocycles. The van der Waals surface area contributed by atoms with Crippen LogP contribution in [0.1, 0.15) is 32.9 Å². The molecule has 2 aromatic rings. The zero-order valence-electron chi connectivity index (χ0n) is 11.3. The van der Waals surface area contributed by atoms with Gasteiger partial charge in [0.1, 0.15) is 0 Å². The van der Waals surface area contributed by atoms with Crippen LogP contribution in [0.4, 0.5) is 13.2 Å². The summed E-state index contributed by atoms with van der Waals surface area (Å²) in [5.74, 6) is -1.09. The number of rotatable bonds is 3. The molecule has 3 rings (SSSR count). The van der Waals surface area contributed by atoms with E-state index in [2.05, 4.69) is 10.2 Å². The molecular formula is C14H12F3N3O2. The van der Waals surface area contributed by atoms with E-state index in [1.54, 1.807) is 0 Å². The lowest BCUT2D eigenvalue weighted by Gasteiger charge is -2.15. The Hall–Kier alpha value is -2.35. The third kappa shape index (κ3) is 2.69. The van der Waals surface area contributed by atoms with E-state index in [0.717, 1.165) is 23.4 Å². The van der Waals surface area contributed by atoms with Gasteiger partial charge in [0.05, 0.1) is 11.3 Å². The monoisotopic (exact) mass is 311 g/mol. The highest BCUT2D eigenvalue weighted by molar-refractivity contribution is 5.87. The molecule has 116 valence electrons. The number of fused-ring (bicyclic) bond motifs is 1. The second kappa shape index (κ2) is 5.13. The Labute approximate surface area is 123 Å². The van der Waals surface area contributed by atoms with Gasteiger partial charge >= 0.3 is 12.1 Å². The van der Waals surface area contributed by atoms with Crippen LogP contribution < -0.4 is 0 Å². The molecule has 1 aliphatic rings. The number of nitrogens with one attached hydrogen (secondary N) is 1. The topological polar surface area (TPSA) is 69.2 Å². The number of alkyl halides is 3. The predicted octanol–water partition coefficient (Wildman–Crippen LogP) is 2.64. The van der Waals surface area contributed by atoms with Crippen LogP contribution in [0.3, 0.4) is 0 Å². The molecule has 0 bridgehead atoms. The molecule has 0 saturated heterocycles. The van der Waals surface area contributed by atoms with E-state index in [9.17, 15) is 18.0 Å². The molecule has 2 heterocycles. The third-order valence-corrected chi connectivity index (χ3v) is 3.61. The first-order chi connectivity index (χ1) is 10.3. The van der Waals surface area contributed by atoms with Gasteiger partial charge in [-0.05, 0) is 17.7 Å². The molecule has 1 aromatic carbocycles. The van der Waals surface area contributed by atoms with Crippen molar-refractivity contribution in [1.82, 2.24) is 15.1 Å². The highest BCUT2D eigenvalue weighted by atomic mass is 19.4. The smallest absolute Gasteiger partial charge is 0.416 e. The van der Waals surface area contributed by atoms with Gasteiger partial charge < -0.3 is 5.11 Å². The third-order valence-electron chi connectivity index (χ3n) is 3.61. The van der Waals surface area contributed by atoms with E-state index in [0.29, 0.717) is 25.2 Å². The van der Waals surface area contributed by atoms with Crippen molar-refractivity contribution in [2.75, 3.05) is 0 Å². The van der Waals surface area contributed by atoms with Crippen LogP contribution >= 0.6 is 0 Å². The van der Waals surface area contributed by atoms with E-state index < -0.39 is 17.7 Å². The zero-order valence-corrected chi connectivity index (χ0v) is 11.3. The molecule has 0 amide bonds. The van der Waals surface area contributed by atoms with Crippen LogP contribution in [0.15, 0.2) is 24.3 Å². The number of nitrogens with zero attached hydrogens (tertiary/aromatic N) is 2. The average Bonchev–Trinajstić information content (AvgIpc) is 2.97. The number of aromatic carboxylic acids is 1. The Morgan fingerprint density at radius 2 is 1.95 bits per heavy atom. The quantitative estimate of drug-likeness (QED) is 0.914. The van der Waals surface area contributed by atoms with Gasteiger partial charge in [-0.1, -0.05) is 12.1 Å². The van der Waals surface area contributed by atoms with Gasteiger partial charge in [0, 0.05) is 25.2 Å². The molecule has 0 fully saturated rings. The van der Waals surface area contributed by atoms with Gasteiger partial charge in [0.25, 0.3) is 0 Å². The summed E-state index contributed by atoms with van der Waals surface area (Å²) in [7, 11) is 0. The van der Waals surface area contributed by atoms with Crippen molar-refractivity contribution >= 4 is 5.97 Å². The summed E-state index contributed by atoms with van der Waals surface area (Å²) in [6, 6.07) is 4.97. The Kier molecular flexibility index (Phi) is 3.40. The predicted molar refractivity (Wildman–Crippen MR) is 69.9 cm³/mol. The summed E-state index contributed by atoms with van der Waals surface area (Å²) in [6.07, 6.45) is -4.34. The second-order valence-electron chi connectivity index (χ2n) is 5.17. The van der Waals surface area contributed by atoms with E-state index in [-0.39, 0.29) is 5.69 Å². The summed E-state index contributed by atoms with van der Waals surface area (Å²) in [5, 5.41) is 15.4. The molecular weight excluding hydrogens is 299 g/mol. The van der Waals surface area contributed by atoms with Gasteiger partial charge in [-0.15, -0.1) is 0 Å². The van der Waals surface area contributed by atoms with Crippen LogP contribution in [-0.2, 0) is 25.8 Å². The normalized spacial score (nSPS) is 15.0. The van der Waals surface area contributed by atoms with Crippen LogP contribution in [0.2, 0.25) is 0 Å². The molecule has 8 heteroatoms. The molecule has 0 saturated carbocycles. The number of hydrogen-bond donors (Lipinski definition) is 2. The summed E-state index contributed by atoms with van der Waals surface area (Å²) in [6.45, 7) is 1.35. The van der Waals surface area contributed by atoms with Crippen molar-refractivity contribution < 1.29 is 23.1 Å². The SMILES string of the molecule is O=C(O)c1n[nH]c2c1CN(Cc1ccc(C(F)(F)F)cc1)C2. The number of carbonyl (C=O) groups is 1. The van der Waals surface area contributed by atoms with Gasteiger partial charge in [-0.3, -0.25) is 10.00 Å². The minimum absolute atomic E-state index is 0.00455. The van der Waals surface area contributed by atoms with Gasteiger partial charge in [-0.2, -0.15) is 18.3 Å². The minimum Gasteiger partial charge on any atom is -0.476 e. The van der Waals surface area contributed by atoms with E-state index in [4.69, 9.17) is 5.11 Å². The Bertz CT molecular complexity index is 707. The molecule has 22 heavy (non-hydrogen) atoms. The lowest BCUT2D eigenvalue weighted by molar-refractivity contribution is -0.137. The summed E-state index contributed by atoms with van der Waals surface area (Å²) >= 11 is 0. The van der Waals surface area contributed by atoms with E-state index in [1.807, 2.05) is 4.90 Å². The first kappa shape index (κ1) is 14.6. The standard InChI is InChI=1S/C14H12F3N3O2/c15-14(16,17)9-3-1-8(2-4-9)5-20-6-10-11(7-20)18-19-12(10)13(21)22/h1-4H,5-7H2,(H,18,19)(H,21,22). The van der Waals surface area contributed by atoms with Gasteiger partial charge in [0.2, 0.25) is 0 Å². The highest BCUT2D eigenvalue weighted by Gasteiger charge is 2.30. The summed E-state index contributed by atoms with van der Waals surface area (Å²) in [5.41, 5.74) is 1.44. The molecule has 5 nitrogen and oxygen atoms in total. The van der Waals surface area contributed by atoms with Crippen molar-refractivity contribution in [1.29, 1.82) is 0 Å². The Morgan fingerprint density at radius 3 is 2.55 bits per heavy atom. The molecule has 0 spiro atoms. The zero-order chi connectivity index (χ0) is 15.9. The largest absolute Gasteiger partial charge is 0.476 e. The van der Waals surface area contributed by atoms with Gasteiger partial charge in [-0.25, -0.2) is 4.79 Å². The van der Waals surface area contributed by atoms with Crippen molar-refractivity contribution in [3.05, 3.63) is 52.3 Å². The van der Waals surface area contributed by atoms with E-state index >= 15 is 0 Å². The molecule has 2 N–H and O–H groups in total. The first-order valence-electron chi connectivity index (χ1n) is 6.52. The maximum atomic E-state index is 12.5. The first-order valence-corrected chi connectivity index (χ1v) is 6.52. The number of hydrogen-bond acceptors (Lipinski definition) is 3. The molecule has 1 aromatic heterocycles. The number of aromatic amines is 1. The fourth-order valence-corrected chi connectivity index (χ4v) is 2.55. The number of benzene rings is 1. The van der Waals surface area contributed by atoms with Crippen LogP contribution in [0.5, 0.6) is 0 Å². The number of halogens is 3. The van der Waals surface area contributed by atoms with Crippen LogP contribution in [0, 0.1) is 0 Å². The van der Waals surface area contributed by atoms with Crippen LogP contribution in [0.25, 0.3) is 0 Å². The molecule has 0 unspecified atom stereocenters. The highest BCUT2D eigenvalue weighted by Crippen LogP contribution is 2.30. The van der Waals surface area contributed by atoms with Crippen molar-refractivity contribution in [3.63, 3.8) is 0 Å². The van der Waals surface area contributed by atoms with Gasteiger partial charge in [0.15, 0.2) is 5.69 Å². The number of carboxylic acid groups (broad SMARTS) is 1. The lowest BCUT2D eigenvalue weighted by Crippen LogP contribution is -2.17.